The van der Waals surface area contributed by atoms with Crippen LogP contribution in [0.5, 0.6) is 0 Å². The summed E-state index contributed by atoms with van der Waals surface area (Å²) in [6, 6.07) is 9.30. The first kappa shape index (κ1) is 18.7. The summed E-state index contributed by atoms with van der Waals surface area (Å²) in [5.41, 5.74) is 6.45. The minimum Gasteiger partial charge on any atom is -0.366 e. The average molecular weight is 501 g/mol. The number of fused-ring (bicyclic) bond motifs is 1. The zero-order chi connectivity index (χ0) is 19.1. The highest BCUT2D eigenvalue weighted by Crippen LogP contribution is 2.29. The molecule has 10 heteroatoms. The van der Waals surface area contributed by atoms with Crippen LogP contribution < -0.4 is 11.1 Å². The summed E-state index contributed by atoms with van der Waals surface area (Å²) in [6.07, 6.45) is 1.13. The maximum Gasteiger partial charge on any atom is 0.258 e. The Kier molecular flexibility index (Phi) is 4.99. The number of nitrogens with zero attached hydrogens (tertiary/aromatic N) is 1. The van der Waals surface area contributed by atoms with E-state index in [2.05, 4.69) is 10.3 Å². The molecule has 3 N–H and O–H groups in total. The van der Waals surface area contributed by atoms with Crippen molar-refractivity contribution >= 4 is 70.9 Å². The largest absolute Gasteiger partial charge is 0.366 e. The minimum absolute atomic E-state index is 0.190. The molecule has 7 nitrogen and oxygen atoms in total. The highest BCUT2D eigenvalue weighted by atomic mass is 127. The van der Waals surface area contributed by atoms with Gasteiger partial charge in [-0.1, -0.05) is 17.4 Å². The molecule has 2 amide bonds. The fraction of sp³-hybridized carbons (Fsp3) is 0.0625. The van der Waals surface area contributed by atoms with Crippen LogP contribution in [0.3, 0.4) is 0 Å². The van der Waals surface area contributed by atoms with Crippen molar-refractivity contribution < 1.29 is 18.0 Å². The summed E-state index contributed by atoms with van der Waals surface area (Å²) in [7, 11) is -3.32. The SMILES string of the molecule is CS(=O)(=O)c1ccc2nc(NC(=O)c3cccc(C(N)=O)c3I)sc2c1. The molecule has 0 unspecified atom stereocenters. The van der Waals surface area contributed by atoms with Gasteiger partial charge in [0.15, 0.2) is 15.0 Å². The lowest BCUT2D eigenvalue weighted by Crippen LogP contribution is -2.18. The third kappa shape index (κ3) is 3.71. The molecule has 0 spiro atoms. The van der Waals surface area contributed by atoms with E-state index in [1.165, 1.54) is 23.5 Å². The zero-order valence-corrected chi connectivity index (χ0v) is 17.1. The van der Waals surface area contributed by atoms with Crippen LogP contribution in [0, 0.1) is 3.57 Å². The van der Waals surface area contributed by atoms with Gasteiger partial charge in [0.1, 0.15) is 0 Å². The van der Waals surface area contributed by atoms with Gasteiger partial charge in [0.05, 0.1) is 26.2 Å². The summed E-state index contributed by atoms with van der Waals surface area (Å²) in [5.74, 6) is -1.04. The molecule has 3 aromatic rings. The van der Waals surface area contributed by atoms with Gasteiger partial charge in [0, 0.05) is 9.83 Å². The molecule has 0 aliphatic carbocycles. The van der Waals surface area contributed by atoms with Crippen LogP contribution in [0.15, 0.2) is 41.3 Å². The fourth-order valence-electron chi connectivity index (χ4n) is 2.25. The first-order valence-electron chi connectivity index (χ1n) is 7.17. The Morgan fingerprint density at radius 2 is 1.88 bits per heavy atom. The lowest BCUT2D eigenvalue weighted by atomic mass is 10.1. The standard InChI is InChI=1S/C16H12IN3O4S2/c1-26(23,24)8-5-6-11-12(7-8)25-16(19-11)20-15(22)10-4-2-3-9(13(10)17)14(18)21/h2-7H,1H3,(H2,18,21)(H,19,20,22). The maximum absolute atomic E-state index is 12.5. The summed E-state index contributed by atoms with van der Waals surface area (Å²) in [4.78, 5) is 28.4. The van der Waals surface area contributed by atoms with Crippen molar-refractivity contribution in [3.8, 4) is 0 Å². The van der Waals surface area contributed by atoms with Crippen LogP contribution in [0.1, 0.15) is 20.7 Å². The first-order chi connectivity index (χ1) is 12.2. The Bertz CT molecular complexity index is 1160. The van der Waals surface area contributed by atoms with Gasteiger partial charge in [0.2, 0.25) is 5.91 Å². The number of carbonyl (C=O) groups is 2. The monoisotopic (exact) mass is 501 g/mol. The Labute approximate surface area is 166 Å². The molecule has 0 aliphatic rings. The van der Waals surface area contributed by atoms with Crippen molar-refractivity contribution in [1.29, 1.82) is 0 Å². The van der Waals surface area contributed by atoms with Crippen molar-refractivity contribution in [3.63, 3.8) is 0 Å². The van der Waals surface area contributed by atoms with E-state index in [-0.39, 0.29) is 10.5 Å². The number of carbonyl (C=O) groups excluding carboxylic acids is 2. The predicted octanol–water partition coefficient (Wildman–Crippen LogP) is 2.66. The van der Waals surface area contributed by atoms with Crippen LogP contribution in [0.2, 0.25) is 0 Å². The lowest BCUT2D eigenvalue weighted by molar-refractivity contribution is 0.0999. The second kappa shape index (κ2) is 6.93. The number of rotatable bonds is 4. The number of hydrogen-bond donors (Lipinski definition) is 2. The smallest absolute Gasteiger partial charge is 0.258 e. The molecule has 134 valence electrons. The molecule has 0 fully saturated rings. The molecule has 0 saturated carbocycles. The summed E-state index contributed by atoms with van der Waals surface area (Å²) in [6.45, 7) is 0. The molecule has 0 bridgehead atoms. The normalized spacial score (nSPS) is 11.5. The van der Waals surface area contributed by atoms with Crippen LogP contribution in [0.4, 0.5) is 5.13 Å². The van der Waals surface area contributed by atoms with Gasteiger partial charge in [-0.05, 0) is 52.9 Å². The fourth-order valence-corrected chi connectivity index (χ4v) is 4.74. The lowest BCUT2D eigenvalue weighted by Gasteiger charge is -2.07. The Morgan fingerprint density at radius 1 is 1.19 bits per heavy atom. The Morgan fingerprint density at radius 3 is 2.54 bits per heavy atom. The van der Waals surface area contributed by atoms with E-state index in [0.717, 1.165) is 6.26 Å². The van der Waals surface area contributed by atoms with E-state index in [9.17, 15) is 18.0 Å². The maximum atomic E-state index is 12.5. The van der Waals surface area contributed by atoms with E-state index in [1.807, 2.05) is 22.6 Å². The number of anilines is 1. The van der Waals surface area contributed by atoms with Gasteiger partial charge >= 0.3 is 0 Å². The third-order valence-corrected chi connectivity index (χ3v) is 6.72. The van der Waals surface area contributed by atoms with Crippen molar-refractivity contribution in [2.45, 2.75) is 4.90 Å². The number of amides is 2. The van der Waals surface area contributed by atoms with Crippen molar-refractivity contribution in [3.05, 3.63) is 51.1 Å². The van der Waals surface area contributed by atoms with Gasteiger partial charge in [-0.15, -0.1) is 0 Å². The van der Waals surface area contributed by atoms with Crippen molar-refractivity contribution in [2.75, 3.05) is 11.6 Å². The first-order valence-corrected chi connectivity index (χ1v) is 11.0. The number of thiazole rings is 1. The Balaban J connectivity index is 1.93. The van der Waals surface area contributed by atoms with Crippen LogP contribution in [-0.2, 0) is 9.84 Å². The molecule has 1 heterocycles. The number of nitrogens with one attached hydrogen (secondary N) is 1. The summed E-state index contributed by atoms with van der Waals surface area (Å²) < 4.78 is 24.4. The van der Waals surface area contributed by atoms with Gasteiger partial charge in [-0.2, -0.15) is 0 Å². The number of hydrogen-bond acceptors (Lipinski definition) is 6. The average Bonchev–Trinajstić information content (AvgIpc) is 2.95. The van der Waals surface area contributed by atoms with Gasteiger partial charge in [0.25, 0.3) is 5.91 Å². The second-order valence-corrected chi connectivity index (χ2v) is 9.53. The zero-order valence-electron chi connectivity index (χ0n) is 13.3. The number of sulfone groups is 1. The Hall–Kier alpha value is -2.05. The molecular weight excluding hydrogens is 489 g/mol. The van der Waals surface area contributed by atoms with E-state index < -0.39 is 21.7 Å². The summed E-state index contributed by atoms with van der Waals surface area (Å²) in [5, 5.41) is 3.00. The number of aromatic nitrogens is 1. The van der Waals surface area contributed by atoms with Crippen LogP contribution in [0.25, 0.3) is 10.2 Å². The molecule has 0 saturated heterocycles. The van der Waals surface area contributed by atoms with E-state index in [1.54, 1.807) is 24.3 Å². The van der Waals surface area contributed by atoms with Crippen molar-refractivity contribution in [1.82, 2.24) is 4.98 Å². The molecular formula is C16H12IN3O4S2. The van der Waals surface area contributed by atoms with Gasteiger partial charge in [-0.3, -0.25) is 14.9 Å². The molecule has 3 rings (SSSR count). The minimum atomic E-state index is -3.32. The topological polar surface area (TPSA) is 119 Å². The second-order valence-electron chi connectivity index (χ2n) is 5.41. The summed E-state index contributed by atoms with van der Waals surface area (Å²) >= 11 is 3.06. The molecule has 26 heavy (non-hydrogen) atoms. The molecule has 0 aliphatic heterocycles. The number of nitrogens with two attached hydrogens (primary N) is 1. The number of halogens is 1. The number of primary amides is 1. The molecule has 0 radical (unpaired) electrons. The van der Waals surface area contributed by atoms with Gasteiger partial charge < -0.3 is 5.73 Å². The highest BCUT2D eigenvalue weighted by Gasteiger charge is 2.17. The highest BCUT2D eigenvalue weighted by molar-refractivity contribution is 14.1. The quantitative estimate of drug-likeness (QED) is 0.533. The molecule has 0 atom stereocenters. The van der Waals surface area contributed by atoms with Crippen molar-refractivity contribution in [2.24, 2.45) is 5.73 Å². The van der Waals surface area contributed by atoms with E-state index >= 15 is 0 Å². The van der Waals surface area contributed by atoms with E-state index in [0.29, 0.717) is 24.5 Å². The van der Waals surface area contributed by atoms with Crippen LogP contribution in [-0.4, -0.2) is 31.5 Å². The number of benzene rings is 2. The van der Waals surface area contributed by atoms with E-state index in [4.69, 9.17) is 5.73 Å². The molecule has 1 aromatic heterocycles. The third-order valence-electron chi connectivity index (χ3n) is 3.52. The van der Waals surface area contributed by atoms with Gasteiger partial charge in [-0.25, -0.2) is 13.4 Å². The molecule has 2 aromatic carbocycles. The van der Waals surface area contributed by atoms with Crippen LogP contribution >= 0.6 is 33.9 Å². The predicted molar refractivity (Wildman–Crippen MR) is 108 cm³/mol.